The molecule has 5 aromatic rings. The van der Waals surface area contributed by atoms with E-state index >= 15 is 0 Å². The highest BCUT2D eigenvalue weighted by Crippen LogP contribution is 2.31. The monoisotopic (exact) mass is 579 g/mol. The Bertz CT molecular complexity index is 1820. The first-order valence-electron chi connectivity index (χ1n) is 13.8. The molecule has 0 aliphatic carbocycles. The molecular formula is C34H33N3O4S. The van der Waals surface area contributed by atoms with Crippen molar-refractivity contribution in [3.63, 3.8) is 0 Å². The lowest BCUT2D eigenvalue weighted by Gasteiger charge is -2.13. The number of anilines is 3. The lowest BCUT2D eigenvalue weighted by atomic mass is 10.1. The Morgan fingerprint density at radius 2 is 1.48 bits per heavy atom. The van der Waals surface area contributed by atoms with E-state index in [1.54, 1.807) is 43.5 Å². The minimum atomic E-state index is -3.76. The Labute approximate surface area is 246 Å². The van der Waals surface area contributed by atoms with Crippen LogP contribution in [0.4, 0.5) is 17.1 Å². The van der Waals surface area contributed by atoms with Crippen LogP contribution in [0.15, 0.2) is 107 Å². The topological polar surface area (TPSA) is 97.4 Å². The molecule has 0 saturated heterocycles. The fourth-order valence-electron chi connectivity index (χ4n) is 4.70. The first-order chi connectivity index (χ1) is 20.3. The van der Waals surface area contributed by atoms with Crippen molar-refractivity contribution in [2.24, 2.45) is 0 Å². The van der Waals surface area contributed by atoms with Crippen LogP contribution >= 0.6 is 0 Å². The van der Waals surface area contributed by atoms with Crippen molar-refractivity contribution in [3.8, 4) is 5.75 Å². The SMILES string of the molecule is CCCCc1ccc(C(=O)Nc2ccc(S(=O)(=O)c3ccc(Nc4cc(C)nc5ccc(OC)cc45)cc3)cc2)cc1. The standard InChI is InChI=1S/C34H33N3O4S/c1-4-5-6-24-7-9-25(10-8-24)34(38)37-27-13-18-30(19-14-27)42(39,40)29-16-11-26(12-17-29)36-33-21-23(2)35-32-20-15-28(41-3)22-31(32)33/h7-22H,4-6H2,1-3H3,(H,35,36)(H,37,38). The second-order valence-corrected chi connectivity index (χ2v) is 12.1. The van der Waals surface area contributed by atoms with E-state index in [2.05, 4.69) is 22.5 Å². The summed E-state index contributed by atoms with van der Waals surface area (Å²) in [5, 5.41) is 7.11. The van der Waals surface area contributed by atoms with E-state index in [0.717, 1.165) is 53.0 Å². The van der Waals surface area contributed by atoms with E-state index < -0.39 is 9.84 Å². The predicted molar refractivity (Wildman–Crippen MR) is 168 cm³/mol. The molecule has 1 amide bonds. The number of aromatic nitrogens is 1. The van der Waals surface area contributed by atoms with Gasteiger partial charge in [0.1, 0.15) is 5.75 Å². The van der Waals surface area contributed by atoms with Gasteiger partial charge in [-0.05, 0) is 110 Å². The van der Waals surface area contributed by atoms with Gasteiger partial charge in [0.25, 0.3) is 5.91 Å². The highest BCUT2D eigenvalue weighted by Gasteiger charge is 2.18. The van der Waals surface area contributed by atoms with Crippen LogP contribution in [0.5, 0.6) is 5.75 Å². The smallest absolute Gasteiger partial charge is 0.255 e. The molecule has 0 atom stereocenters. The van der Waals surface area contributed by atoms with Crippen LogP contribution in [0, 0.1) is 6.92 Å². The average Bonchev–Trinajstić information content (AvgIpc) is 3.00. The van der Waals surface area contributed by atoms with Gasteiger partial charge in [0.2, 0.25) is 9.84 Å². The first-order valence-corrected chi connectivity index (χ1v) is 15.3. The van der Waals surface area contributed by atoms with Gasteiger partial charge in [-0.2, -0.15) is 0 Å². The molecule has 0 radical (unpaired) electrons. The summed E-state index contributed by atoms with van der Waals surface area (Å²) < 4.78 is 32.0. The number of amides is 1. The number of sulfone groups is 1. The quantitative estimate of drug-likeness (QED) is 0.176. The third-order valence-electron chi connectivity index (χ3n) is 7.05. The van der Waals surface area contributed by atoms with Crippen LogP contribution in [0.25, 0.3) is 10.9 Å². The van der Waals surface area contributed by atoms with Gasteiger partial charge in [0, 0.05) is 33.7 Å². The number of fused-ring (bicyclic) bond motifs is 1. The molecule has 5 rings (SSSR count). The summed E-state index contributed by atoms with van der Waals surface area (Å²) in [5.41, 5.74) is 5.54. The van der Waals surface area contributed by atoms with Gasteiger partial charge < -0.3 is 15.4 Å². The van der Waals surface area contributed by atoms with Gasteiger partial charge in [0.15, 0.2) is 0 Å². The van der Waals surface area contributed by atoms with Crippen LogP contribution in [0.3, 0.4) is 0 Å². The summed E-state index contributed by atoms with van der Waals surface area (Å²) in [6.07, 6.45) is 3.22. The van der Waals surface area contributed by atoms with Gasteiger partial charge in [-0.3, -0.25) is 9.78 Å². The van der Waals surface area contributed by atoms with Gasteiger partial charge in [0.05, 0.1) is 22.4 Å². The summed E-state index contributed by atoms with van der Waals surface area (Å²) in [7, 11) is -2.14. The van der Waals surface area contributed by atoms with Crippen LogP contribution in [-0.2, 0) is 16.3 Å². The van der Waals surface area contributed by atoms with E-state index in [1.807, 2.05) is 55.5 Å². The summed E-state index contributed by atoms with van der Waals surface area (Å²) in [6, 6.07) is 28.0. The number of pyridine rings is 1. The number of carbonyl (C=O) groups excluding carboxylic acids is 1. The van der Waals surface area contributed by atoms with Crippen molar-refractivity contribution >= 4 is 43.7 Å². The minimum absolute atomic E-state index is 0.143. The molecule has 0 unspecified atom stereocenters. The lowest BCUT2D eigenvalue weighted by Crippen LogP contribution is -2.12. The van der Waals surface area contributed by atoms with Crippen LogP contribution in [0.2, 0.25) is 0 Å². The molecule has 4 aromatic carbocycles. The normalized spacial score (nSPS) is 11.3. The zero-order valence-corrected chi connectivity index (χ0v) is 24.7. The fraction of sp³-hybridized carbons (Fsp3) is 0.176. The van der Waals surface area contributed by atoms with Crippen molar-refractivity contribution in [2.45, 2.75) is 42.9 Å². The molecule has 0 saturated carbocycles. The zero-order valence-electron chi connectivity index (χ0n) is 23.8. The van der Waals surface area contributed by atoms with Crippen molar-refractivity contribution in [2.75, 3.05) is 17.7 Å². The number of unbranched alkanes of at least 4 members (excludes halogenated alkanes) is 1. The molecule has 0 fully saturated rings. The zero-order chi connectivity index (χ0) is 29.7. The van der Waals surface area contributed by atoms with Crippen molar-refractivity contribution in [1.29, 1.82) is 0 Å². The van der Waals surface area contributed by atoms with Crippen LogP contribution in [-0.4, -0.2) is 26.4 Å². The Kier molecular flexibility index (Phi) is 8.54. The van der Waals surface area contributed by atoms with E-state index in [9.17, 15) is 13.2 Å². The summed E-state index contributed by atoms with van der Waals surface area (Å²) in [4.78, 5) is 17.6. The third kappa shape index (κ3) is 6.44. The maximum Gasteiger partial charge on any atom is 0.255 e. The maximum absolute atomic E-state index is 13.3. The molecule has 0 aliphatic rings. The third-order valence-corrected chi connectivity index (χ3v) is 8.83. The lowest BCUT2D eigenvalue weighted by molar-refractivity contribution is 0.102. The molecule has 8 heteroatoms. The number of nitrogens with zero attached hydrogens (tertiary/aromatic N) is 1. The van der Waals surface area contributed by atoms with Crippen molar-refractivity contribution in [1.82, 2.24) is 4.98 Å². The number of hydrogen-bond acceptors (Lipinski definition) is 6. The molecule has 1 aromatic heterocycles. The number of carbonyl (C=O) groups is 1. The molecular weight excluding hydrogens is 546 g/mol. The number of ether oxygens (including phenoxy) is 1. The van der Waals surface area contributed by atoms with E-state index in [1.165, 1.54) is 17.7 Å². The Balaban J connectivity index is 1.28. The largest absolute Gasteiger partial charge is 0.497 e. The Hall–Kier alpha value is -4.69. The molecule has 0 bridgehead atoms. The van der Waals surface area contributed by atoms with E-state index in [0.29, 0.717) is 11.3 Å². The minimum Gasteiger partial charge on any atom is -0.497 e. The number of aryl methyl sites for hydroxylation is 2. The van der Waals surface area contributed by atoms with E-state index in [4.69, 9.17) is 4.74 Å². The number of methoxy groups -OCH3 is 1. The van der Waals surface area contributed by atoms with Gasteiger partial charge in [-0.1, -0.05) is 25.5 Å². The fourth-order valence-corrected chi connectivity index (χ4v) is 5.96. The van der Waals surface area contributed by atoms with Crippen LogP contribution < -0.4 is 15.4 Å². The Morgan fingerprint density at radius 3 is 2.10 bits per heavy atom. The molecule has 1 heterocycles. The van der Waals surface area contributed by atoms with E-state index in [-0.39, 0.29) is 15.7 Å². The highest BCUT2D eigenvalue weighted by atomic mass is 32.2. The molecule has 0 aliphatic heterocycles. The summed E-state index contributed by atoms with van der Waals surface area (Å²) in [6.45, 7) is 4.07. The second kappa shape index (κ2) is 12.4. The molecule has 0 spiro atoms. The summed E-state index contributed by atoms with van der Waals surface area (Å²) >= 11 is 0. The number of benzene rings is 4. The highest BCUT2D eigenvalue weighted by molar-refractivity contribution is 7.91. The van der Waals surface area contributed by atoms with Gasteiger partial charge in [-0.15, -0.1) is 0 Å². The van der Waals surface area contributed by atoms with Crippen LogP contribution in [0.1, 0.15) is 41.4 Å². The molecule has 7 nitrogen and oxygen atoms in total. The molecule has 42 heavy (non-hydrogen) atoms. The van der Waals surface area contributed by atoms with Gasteiger partial charge >= 0.3 is 0 Å². The summed E-state index contributed by atoms with van der Waals surface area (Å²) in [5.74, 6) is 0.478. The molecule has 214 valence electrons. The molecule has 2 N–H and O–H groups in total. The number of hydrogen-bond donors (Lipinski definition) is 2. The first kappa shape index (κ1) is 28.8. The second-order valence-electron chi connectivity index (χ2n) is 10.1. The van der Waals surface area contributed by atoms with Crippen molar-refractivity contribution < 1.29 is 17.9 Å². The van der Waals surface area contributed by atoms with Gasteiger partial charge in [-0.25, -0.2) is 8.42 Å². The van der Waals surface area contributed by atoms with Crippen molar-refractivity contribution in [3.05, 3.63) is 114 Å². The Morgan fingerprint density at radius 1 is 0.833 bits per heavy atom. The number of rotatable bonds is 10. The number of nitrogens with one attached hydrogen (secondary N) is 2. The maximum atomic E-state index is 13.3. The predicted octanol–water partition coefficient (Wildman–Crippen LogP) is 7.72. The average molecular weight is 580 g/mol.